The maximum atomic E-state index is 13.1. The first-order valence-electron chi connectivity index (χ1n) is 4.80. The molecule has 0 aliphatic heterocycles. The fourth-order valence-corrected chi connectivity index (χ4v) is 1.16. The van der Waals surface area contributed by atoms with E-state index in [4.69, 9.17) is 4.74 Å². The van der Waals surface area contributed by atoms with Crippen molar-refractivity contribution in [2.45, 2.75) is 12.8 Å². The Morgan fingerprint density at radius 3 is 2.44 bits per heavy atom. The lowest BCUT2D eigenvalue weighted by Crippen LogP contribution is -2.10. The minimum Gasteiger partial charge on any atom is -0.462 e. The number of halogens is 2. The molecule has 1 aromatic rings. The summed E-state index contributed by atoms with van der Waals surface area (Å²) in [4.78, 5) is 11.2. The van der Waals surface area contributed by atoms with Crippen LogP contribution in [0.4, 0.5) is 8.78 Å². The second-order valence-electron chi connectivity index (χ2n) is 3.12. The monoisotopic (exact) mass is 226 g/mol. The topological polar surface area (TPSA) is 26.3 Å². The Kier molecular flexibility index (Phi) is 3.77. The average molecular weight is 226 g/mol. The zero-order chi connectivity index (χ0) is 12.2. The van der Waals surface area contributed by atoms with Crippen molar-refractivity contribution < 1.29 is 18.3 Å². The first-order valence-corrected chi connectivity index (χ1v) is 4.80. The summed E-state index contributed by atoms with van der Waals surface area (Å²) >= 11 is 0. The molecule has 1 aromatic carbocycles. The standard InChI is InChI=1S/C12H12F2O2/c1-3-12(13,14)10-7-5-9(6-8-10)11(15)16-4-2/h3,5-8H,1,4H2,2H3. The molecule has 0 aromatic heterocycles. The van der Waals surface area contributed by atoms with Crippen LogP contribution >= 0.6 is 0 Å². The van der Waals surface area contributed by atoms with E-state index >= 15 is 0 Å². The number of hydrogen-bond donors (Lipinski definition) is 0. The van der Waals surface area contributed by atoms with Gasteiger partial charge >= 0.3 is 5.97 Å². The van der Waals surface area contributed by atoms with Crippen LogP contribution in [0.3, 0.4) is 0 Å². The van der Waals surface area contributed by atoms with Crippen LogP contribution in [0.2, 0.25) is 0 Å². The van der Waals surface area contributed by atoms with Gasteiger partial charge in [-0.3, -0.25) is 0 Å². The number of ether oxygens (including phenoxy) is 1. The van der Waals surface area contributed by atoms with Gasteiger partial charge in [0, 0.05) is 5.56 Å². The fraction of sp³-hybridized carbons (Fsp3) is 0.250. The molecule has 0 heterocycles. The highest BCUT2D eigenvalue weighted by Crippen LogP contribution is 2.28. The quantitative estimate of drug-likeness (QED) is 0.582. The van der Waals surface area contributed by atoms with Gasteiger partial charge in [0.2, 0.25) is 0 Å². The molecule has 0 aliphatic carbocycles. The Hall–Kier alpha value is -1.71. The van der Waals surface area contributed by atoms with Crippen LogP contribution in [0.5, 0.6) is 0 Å². The average Bonchev–Trinajstić information content (AvgIpc) is 2.29. The van der Waals surface area contributed by atoms with Gasteiger partial charge in [-0.1, -0.05) is 18.7 Å². The van der Waals surface area contributed by atoms with E-state index < -0.39 is 11.9 Å². The van der Waals surface area contributed by atoms with E-state index in [0.717, 1.165) is 0 Å². The first-order chi connectivity index (χ1) is 7.51. The predicted molar refractivity (Wildman–Crippen MR) is 56.5 cm³/mol. The van der Waals surface area contributed by atoms with Crippen LogP contribution in [0.1, 0.15) is 22.8 Å². The summed E-state index contributed by atoms with van der Waals surface area (Å²) in [5.41, 5.74) is 0.0565. The van der Waals surface area contributed by atoms with Crippen molar-refractivity contribution in [3.63, 3.8) is 0 Å². The third-order valence-corrected chi connectivity index (χ3v) is 2.04. The number of carbonyl (C=O) groups is 1. The SMILES string of the molecule is C=CC(F)(F)c1ccc(C(=O)OCC)cc1. The zero-order valence-electron chi connectivity index (χ0n) is 8.87. The van der Waals surface area contributed by atoms with Gasteiger partial charge in [-0.05, 0) is 25.1 Å². The van der Waals surface area contributed by atoms with Crippen molar-refractivity contribution in [1.29, 1.82) is 0 Å². The highest BCUT2D eigenvalue weighted by molar-refractivity contribution is 5.89. The van der Waals surface area contributed by atoms with Crippen molar-refractivity contribution >= 4 is 5.97 Å². The summed E-state index contributed by atoms with van der Waals surface area (Å²) in [5.74, 6) is -3.59. The van der Waals surface area contributed by atoms with E-state index in [9.17, 15) is 13.6 Å². The molecule has 0 saturated carbocycles. The van der Waals surface area contributed by atoms with Crippen molar-refractivity contribution in [3.05, 3.63) is 48.0 Å². The lowest BCUT2D eigenvalue weighted by molar-refractivity contribution is 0.0504. The van der Waals surface area contributed by atoms with E-state index in [-0.39, 0.29) is 17.7 Å². The number of allylic oxidation sites excluding steroid dienone is 1. The molecule has 4 heteroatoms. The molecule has 0 amide bonds. The number of benzene rings is 1. The molecule has 0 unspecified atom stereocenters. The van der Waals surface area contributed by atoms with Crippen molar-refractivity contribution in [2.75, 3.05) is 6.61 Å². The molecular weight excluding hydrogens is 214 g/mol. The highest BCUT2D eigenvalue weighted by atomic mass is 19.3. The van der Waals surface area contributed by atoms with Gasteiger partial charge in [-0.2, -0.15) is 8.78 Å². The van der Waals surface area contributed by atoms with Gasteiger partial charge in [0.25, 0.3) is 5.92 Å². The maximum absolute atomic E-state index is 13.1. The number of carbonyl (C=O) groups excluding carboxylic acids is 1. The van der Waals surface area contributed by atoms with Gasteiger partial charge in [0.1, 0.15) is 0 Å². The van der Waals surface area contributed by atoms with Crippen LogP contribution < -0.4 is 0 Å². The van der Waals surface area contributed by atoms with Crippen LogP contribution in [0.15, 0.2) is 36.9 Å². The molecule has 0 aliphatic rings. The van der Waals surface area contributed by atoms with Gasteiger partial charge in [-0.25, -0.2) is 4.79 Å². The number of rotatable bonds is 4. The third kappa shape index (κ3) is 2.66. The zero-order valence-corrected chi connectivity index (χ0v) is 8.87. The minimum absolute atomic E-state index is 0.199. The number of esters is 1. The van der Waals surface area contributed by atoms with E-state index in [1.54, 1.807) is 6.92 Å². The molecule has 0 bridgehead atoms. The van der Waals surface area contributed by atoms with E-state index in [2.05, 4.69) is 6.58 Å². The predicted octanol–water partition coefficient (Wildman–Crippen LogP) is 3.14. The van der Waals surface area contributed by atoms with E-state index in [1.807, 2.05) is 0 Å². The second-order valence-corrected chi connectivity index (χ2v) is 3.12. The number of alkyl halides is 2. The van der Waals surface area contributed by atoms with Crippen molar-refractivity contribution in [3.8, 4) is 0 Å². The Bertz CT molecular complexity index is 383. The molecule has 16 heavy (non-hydrogen) atoms. The second kappa shape index (κ2) is 4.88. The Labute approximate surface area is 92.5 Å². The molecular formula is C12H12F2O2. The molecule has 0 radical (unpaired) electrons. The normalized spacial score (nSPS) is 10.9. The summed E-state index contributed by atoms with van der Waals surface area (Å²) in [6.07, 6.45) is 0.562. The molecule has 0 spiro atoms. The Balaban J connectivity index is 2.91. The maximum Gasteiger partial charge on any atom is 0.338 e. The Morgan fingerprint density at radius 2 is 2.00 bits per heavy atom. The van der Waals surface area contributed by atoms with Gasteiger partial charge < -0.3 is 4.74 Å². The first kappa shape index (κ1) is 12.4. The van der Waals surface area contributed by atoms with Gasteiger partial charge in [0.15, 0.2) is 0 Å². The van der Waals surface area contributed by atoms with Crippen LogP contribution in [0.25, 0.3) is 0 Å². The molecule has 0 fully saturated rings. The molecule has 2 nitrogen and oxygen atoms in total. The van der Waals surface area contributed by atoms with Crippen molar-refractivity contribution in [1.82, 2.24) is 0 Å². The summed E-state index contributed by atoms with van der Waals surface area (Å²) in [6, 6.07) is 5.00. The smallest absolute Gasteiger partial charge is 0.338 e. The summed E-state index contributed by atoms with van der Waals surface area (Å²) in [6.45, 7) is 4.99. The fourth-order valence-electron chi connectivity index (χ4n) is 1.16. The van der Waals surface area contributed by atoms with Crippen LogP contribution in [-0.4, -0.2) is 12.6 Å². The number of hydrogen-bond acceptors (Lipinski definition) is 2. The summed E-state index contributed by atoms with van der Waals surface area (Å²) < 4.78 is 31.0. The molecule has 0 atom stereocenters. The molecule has 86 valence electrons. The van der Waals surface area contributed by atoms with Crippen molar-refractivity contribution in [2.24, 2.45) is 0 Å². The molecule has 0 saturated heterocycles. The lowest BCUT2D eigenvalue weighted by atomic mass is 10.1. The largest absolute Gasteiger partial charge is 0.462 e. The summed E-state index contributed by atoms with van der Waals surface area (Å²) in [7, 11) is 0. The van der Waals surface area contributed by atoms with Gasteiger partial charge in [0.05, 0.1) is 12.2 Å². The van der Waals surface area contributed by atoms with Crippen LogP contribution in [-0.2, 0) is 10.7 Å². The molecule has 0 N–H and O–H groups in total. The molecule has 1 rings (SSSR count). The van der Waals surface area contributed by atoms with E-state index in [1.165, 1.54) is 24.3 Å². The van der Waals surface area contributed by atoms with E-state index in [0.29, 0.717) is 6.08 Å². The highest BCUT2D eigenvalue weighted by Gasteiger charge is 2.26. The third-order valence-electron chi connectivity index (χ3n) is 2.04. The summed E-state index contributed by atoms with van der Waals surface area (Å²) in [5, 5.41) is 0. The minimum atomic E-state index is -3.08. The lowest BCUT2D eigenvalue weighted by Gasteiger charge is -2.11. The van der Waals surface area contributed by atoms with Crippen LogP contribution in [0, 0.1) is 0 Å². The van der Waals surface area contributed by atoms with Gasteiger partial charge in [-0.15, -0.1) is 0 Å². The Morgan fingerprint density at radius 1 is 1.44 bits per heavy atom.